The fourth-order valence-electron chi connectivity index (χ4n) is 4.06. The van der Waals surface area contributed by atoms with Crippen LogP contribution in [0.1, 0.15) is 38.7 Å². The van der Waals surface area contributed by atoms with Crippen molar-refractivity contribution in [3.63, 3.8) is 0 Å². The van der Waals surface area contributed by atoms with E-state index in [9.17, 15) is 9.59 Å². The van der Waals surface area contributed by atoms with E-state index in [1.807, 2.05) is 55.6 Å². The molecule has 0 fully saturated rings. The number of para-hydroxylation sites is 1. The molecule has 2 heterocycles. The zero-order valence-corrected chi connectivity index (χ0v) is 18.8. The number of aromatic nitrogens is 3. The maximum absolute atomic E-state index is 13.3. The molecule has 32 heavy (non-hydrogen) atoms. The maximum Gasteiger partial charge on any atom is 0.227 e. The van der Waals surface area contributed by atoms with E-state index in [4.69, 9.17) is 0 Å². The zero-order chi connectivity index (χ0) is 22.7. The number of rotatable bonds is 6. The van der Waals surface area contributed by atoms with Crippen molar-refractivity contribution >= 4 is 17.5 Å². The predicted molar refractivity (Wildman–Crippen MR) is 125 cm³/mol. The monoisotopic (exact) mass is 431 g/mol. The van der Waals surface area contributed by atoms with Crippen LogP contribution in [0.15, 0.2) is 48.5 Å². The summed E-state index contributed by atoms with van der Waals surface area (Å²) in [4.78, 5) is 27.4. The molecule has 0 bridgehead atoms. The topological polar surface area (TPSA) is 80.1 Å². The molecule has 0 saturated carbocycles. The van der Waals surface area contributed by atoms with Crippen molar-refractivity contribution in [3.05, 3.63) is 54.1 Å². The highest BCUT2D eigenvalue weighted by Gasteiger charge is 2.28. The summed E-state index contributed by atoms with van der Waals surface area (Å²) < 4.78 is 1.78. The number of carbonyl (C=O) groups is 2. The minimum absolute atomic E-state index is 0.0846. The fourth-order valence-corrected chi connectivity index (χ4v) is 4.06. The molecule has 1 aliphatic rings. The van der Waals surface area contributed by atoms with Gasteiger partial charge in [0, 0.05) is 37.6 Å². The van der Waals surface area contributed by atoms with E-state index >= 15 is 0 Å². The van der Waals surface area contributed by atoms with Crippen LogP contribution >= 0.6 is 0 Å². The summed E-state index contributed by atoms with van der Waals surface area (Å²) in [5.74, 6) is 0.357. The lowest BCUT2D eigenvalue weighted by molar-refractivity contribution is -0.125. The number of aryl methyl sites for hydroxylation is 1. The van der Waals surface area contributed by atoms with E-state index in [-0.39, 0.29) is 24.7 Å². The van der Waals surface area contributed by atoms with Gasteiger partial charge in [0.25, 0.3) is 0 Å². The van der Waals surface area contributed by atoms with Crippen LogP contribution in [0.3, 0.4) is 0 Å². The first kappa shape index (κ1) is 21.7. The van der Waals surface area contributed by atoms with Crippen LogP contribution in [-0.4, -0.2) is 33.4 Å². The summed E-state index contributed by atoms with van der Waals surface area (Å²) in [6.45, 7) is 5.30. The standard InChI is InChI=1S/C25H29N5O2/c1-17(2)14-15-26-22(31)12-13-23(32)30-16-18-8-4-5-9-19(18)25-24(27-28-29(25)3)20-10-6-7-11-21(20)30/h4-11,17H,12-16H2,1-3H3,(H,26,31). The molecule has 0 radical (unpaired) electrons. The molecule has 3 aromatic rings. The first-order chi connectivity index (χ1) is 15.5. The quantitative estimate of drug-likeness (QED) is 0.641. The van der Waals surface area contributed by atoms with Gasteiger partial charge in [0.1, 0.15) is 5.69 Å². The number of hydrogen-bond donors (Lipinski definition) is 1. The van der Waals surface area contributed by atoms with Gasteiger partial charge in [0.15, 0.2) is 0 Å². The molecule has 0 saturated heterocycles. The number of anilines is 1. The second kappa shape index (κ2) is 9.34. The third-order valence-corrected chi connectivity index (χ3v) is 5.79. The van der Waals surface area contributed by atoms with Gasteiger partial charge < -0.3 is 10.2 Å². The lowest BCUT2D eigenvalue weighted by Gasteiger charge is -2.28. The Labute approximate surface area is 188 Å². The van der Waals surface area contributed by atoms with Crippen molar-refractivity contribution in [1.29, 1.82) is 0 Å². The van der Waals surface area contributed by atoms with E-state index in [0.717, 1.165) is 40.2 Å². The van der Waals surface area contributed by atoms with Gasteiger partial charge in [-0.25, -0.2) is 4.68 Å². The zero-order valence-electron chi connectivity index (χ0n) is 18.8. The van der Waals surface area contributed by atoms with Crippen molar-refractivity contribution in [2.45, 2.75) is 39.7 Å². The van der Waals surface area contributed by atoms with E-state index in [1.54, 1.807) is 9.58 Å². The molecule has 0 spiro atoms. The lowest BCUT2D eigenvalue weighted by atomic mass is 9.95. The summed E-state index contributed by atoms with van der Waals surface area (Å²) in [5, 5.41) is 11.6. The number of carbonyl (C=O) groups excluding carboxylic acids is 2. The molecular formula is C25H29N5O2. The third kappa shape index (κ3) is 4.42. The smallest absolute Gasteiger partial charge is 0.227 e. The predicted octanol–water partition coefficient (Wildman–Crippen LogP) is 3.94. The Kier molecular flexibility index (Phi) is 6.35. The molecule has 166 valence electrons. The summed E-state index contributed by atoms with van der Waals surface area (Å²) in [6.07, 6.45) is 1.25. The van der Waals surface area contributed by atoms with E-state index < -0.39 is 0 Å². The molecule has 1 aromatic heterocycles. The van der Waals surface area contributed by atoms with Gasteiger partial charge >= 0.3 is 0 Å². The Bertz CT molecular complexity index is 1130. The van der Waals surface area contributed by atoms with Crippen LogP contribution in [0.2, 0.25) is 0 Å². The summed E-state index contributed by atoms with van der Waals surface area (Å²) in [7, 11) is 1.88. The number of fused-ring (bicyclic) bond motifs is 5. The van der Waals surface area contributed by atoms with Crippen LogP contribution < -0.4 is 10.2 Å². The van der Waals surface area contributed by atoms with E-state index in [1.165, 1.54) is 0 Å². The molecular weight excluding hydrogens is 402 g/mol. The van der Waals surface area contributed by atoms with Gasteiger partial charge in [-0.15, -0.1) is 5.10 Å². The van der Waals surface area contributed by atoms with Gasteiger partial charge in [-0.3, -0.25) is 9.59 Å². The van der Waals surface area contributed by atoms with Crippen LogP contribution in [0, 0.1) is 5.92 Å². The van der Waals surface area contributed by atoms with Gasteiger partial charge in [-0.1, -0.05) is 61.5 Å². The third-order valence-electron chi connectivity index (χ3n) is 5.79. The molecule has 0 aliphatic carbocycles. The van der Waals surface area contributed by atoms with Gasteiger partial charge in [-0.2, -0.15) is 0 Å². The van der Waals surface area contributed by atoms with E-state index in [0.29, 0.717) is 19.0 Å². The average Bonchev–Trinajstić information content (AvgIpc) is 3.15. The Hall–Kier alpha value is -3.48. The molecule has 4 rings (SSSR count). The van der Waals surface area contributed by atoms with Crippen molar-refractivity contribution in [2.75, 3.05) is 11.4 Å². The van der Waals surface area contributed by atoms with Crippen LogP contribution in [0.4, 0.5) is 5.69 Å². The fraction of sp³-hybridized carbons (Fsp3) is 0.360. The van der Waals surface area contributed by atoms with Crippen LogP contribution in [0.5, 0.6) is 0 Å². The maximum atomic E-state index is 13.3. The Balaban J connectivity index is 1.64. The molecule has 0 atom stereocenters. The Morgan fingerprint density at radius 1 is 1.03 bits per heavy atom. The molecule has 7 nitrogen and oxygen atoms in total. The minimum Gasteiger partial charge on any atom is -0.356 e. The number of benzene rings is 2. The Morgan fingerprint density at radius 3 is 2.53 bits per heavy atom. The first-order valence-electron chi connectivity index (χ1n) is 11.1. The molecule has 2 amide bonds. The normalized spacial score (nSPS) is 12.4. The summed E-state index contributed by atoms with van der Waals surface area (Å²) >= 11 is 0. The molecule has 0 unspecified atom stereocenters. The molecule has 7 heteroatoms. The number of hydrogen-bond acceptors (Lipinski definition) is 4. The van der Waals surface area contributed by atoms with Gasteiger partial charge in [-0.05, 0) is 24.0 Å². The van der Waals surface area contributed by atoms with Crippen molar-refractivity contribution < 1.29 is 9.59 Å². The molecule has 2 aromatic carbocycles. The van der Waals surface area contributed by atoms with Crippen molar-refractivity contribution in [3.8, 4) is 22.5 Å². The van der Waals surface area contributed by atoms with Crippen LogP contribution in [0.25, 0.3) is 22.5 Å². The minimum atomic E-state index is -0.0871. The number of nitrogens with zero attached hydrogens (tertiary/aromatic N) is 4. The highest BCUT2D eigenvalue weighted by Crippen LogP contribution is 2.40. The average molecular weight is 432 g/mol. The Morgan fingerprint density at radius 2 is 1.75 bits per heavy atom. The van der Waals surface area contributed by atoms with E-state index in [2.05, 4.69) is 29.5 Å². The van der Waals surface area contributed by atoms with Gasteiger partial charge in [0.05, 0.1) is 17.9 Å². The summed E-state index contributed by atoms with van der Waals surface area (Å²) in [5.41, 5.74) is 5.36. The lowest BCUT2D eigenvalue weighted by Crippen LogP contribution is -2.33. The first-order valence-corrected chi connectivity index (χ1v) is 11.1. The largest absolute Gasteiger partial charge is 0.356 e. The number of nitrogens with one attached hydrogen (secondary N) is 1. The highest BCUT2D eigenvalue weighted by molar-refractivity contribution is 6.01. The highest BCUT2D eigenvalue weighted by atomic mass is 16.2. The second-order valence-electron chi connectivity index (χ2n) is 8.60. The van der Waals surface area contributed by atoms with Crippen molar-refractivity contribution in [2.24, 2.45) is 13.0 Å². The molecule has 1 N–H and O–H groups in total. The van der Waals surface area contributed by atoms with Crippen LogP contribution in [-0.2, 0) is 23.2 Å². The van der Waals surface area contributed by atoms with Crippen molar-refractivity contribution in [1.82, 2.24) is 20.3 Å². The summed E-state index contributed by atoms with van der Waals surface area (Å²) in [6, 6.07) is 15.8. The van der Waals surface area contributed by atoms with Gasteiger partial charge in [0.2, 0.25) is 11.8 Å². The number of amides is 2. The second-order valence-corrected chi connectivity index (χ2v) is 8.60. The molecule has 1 aliphatic heterocycles. The SMILES string of the molecule is CC(C)CCNC(=O)CCC(=O)N1Cc2ccccc2-c2c(nnn2C)-c2ccccc21.